The summed E-state index contributed by atoms with van der Waals surface area (Å²) in [5.41, 5.74) is 0. The van der Waals surface area contributed by atoms with E-state index in [2.05, 4.69) is 15.5 Å². The molecule has 0 aromatic carbocycles. The molecule has 1 heterocycles. The molecule has 23 heavy (non-hydrogen) atoms. The fourth-order valence-corrected chi connectivity index (χ4v) is 3.88. The lowest BCUT2D eigenvalue weighted by atomic mass is 9.88. The van der Waals surface area contributed by atoms with Crippen LogP contribution in [-0.4, -0.2) is 54.4 Å². The zero-order chi connectivity index (χ0) is 16.5. The fraction of sp³-hybridized carbons (Fsp3) is 0.944. The van der Waals surface area contributed by atoms with Gasteiger partial charge in [0.15, 0.2) is 0 Å². The predicted octanol–water partition coefficient (Wildman–Crippen LogP) is 2.49. The van der Waals surface area contributed by atoms with Crippen molar-refractivity contribution in [3.63, 3.8) is 0 Å². The van der Waals surface area contributed by atoms with Crippen molar-refractivity contribution in [2.24, 2.45) is 5.92 Å². The average molecular weight is 325 g/mol. The van der Waals surface area contributed by atoms with E-state index in [1.807, 2.05) is 6.92 Å². The van der Waals surface area contributed by atoms with Gasteiger partial charge in [0.1, 0.15) is 0 Å². The Labute approximate surface area is 141 Å². The summed E-state index contributed by atoms with van der Waals surface area (Å²) in [7, 11) is 0. The topological polar surface area (TPSA) is 64.6 Å². The molecular weight excluding hydrogens is 290 g/mol. The summed E-state index contributed by atoms with van der Waals surface area (Å²) in [6, 6.07) is 0.145. The average Bonchev–Trinajstić information content (AvgIpc) is 2.56. The summed E-state index contributed by atoms with van der Waals surface area (Å²) in [5.74, 6) is 0.900. The summed E-state index contributed by atoms with van der Waals surface area (Å²) in [6.07, 6.45) is 10.4. The molecular formula is C18H35N3O2. The first kappa shape index (κ1) is 18.5. The van der Waals surface area contributed by atoms with E-state index in [0.717, 1.165) is 44.7 Å². The van der Waals surface area contributed by atoms with Crippen molar-refractivity contribution >= 4 is 6.03 Å². The van der Waals surface area contributed by atoms with Gasteiger partial charge in [-0.3, -0.25) is 0 Å². The molecule has 1 atom stereocenters. The van der Waals surface area contributed by atoms with Gasteiger partial charge in [0.05, 0.1) is 6.10 Å². The molecule has 2 rings (SSSR count). The molecule has 1 saturated heterocycles. The molecule has 1 saturated carbocycles. The van der Waals surface area contributed by atoms with Crippen LogP contribution in [0.15, 0.2) is 0 Å². The van der Waals surface area contributed by atoms with Crippen molar-refractivity contribution < 1.29 is 9.90 Å². The third-order valence-electron chi connectivity index (χ3n) is 5.28. The lowest BCUT2D eigenvalue weighted by Gasteiger charge is -2.35. The Morgan fingerprint density at radius 2 is 1.87 bits per heavy atom. The lowest BCUT2D eigenvalue weighted by molar-refractivity contribution is 0.150. The number of urea groups is 1. The maximum atomic E-state index is 11.9. The van der Waals surface area contributed by atoms with Gasteiger partial charge in [-0.15, -0.1) is 0 Å². The van der Waals surface area contributed by atoms with Gasteiger partial charge < -0.3 is 20.6 Å². The van der Waals surface area contributed by atoms with Gasteiger partial charge >= 0.3 is 6.03 Å². The minimum absolute atomic E-state index is 0.133. The number of rotatable bonds is 7. The molecule has 2 fully saturated rings. The molecule has 2 aliphatic rings. The molecule has 5 nitrogen and oxygen atoms in total. The molecule has 0 spiro atoms. The van der Waals surface area contributed by atoms with Gasteiger partial charge in [-0.25, -0.2) is 4.79 Å². The molecule has 134 valence electrons. The van der Waals surface area contributed by atoms with Crippen molar-refractivity contribution in [2.75, 3.05) is 26.2 Å². The number of hydrogen-bond acceptors (Lipinski definition) is 3. The van der Waals surface area contributed by atoms with Gasteiger partial charge in [0.2, 0.25) is 0 Å². The molecule has 1 aliphatic heterocycles. The number of amides is 2. The number of aliphatic hydroxyl groups excluding tert-OH is 1. The van der Waals surface area contributed by atoms with E-state index in [0.29, 0.717) is 6.54 Å². The standard InChI is InChI=1S/C18H35N3O2/c1-2-6-17(22)13-19-18(23)20-16-9-11-21(12-10-16)14-15-7-4-3-5-8-15/h15-17,22H,2-14H2,1H3,(H2,19,20,23). The van der Waals surface area contributed by atoms with Crippen molar-refractivity contribution in [1.29, 1.82) is 0 Å². The predicted molar refractivity (Wildman–Crippen MR) is 93.5 cm³/mol. The van der Waals surface area contributed by atoms with E-state index < -0.39 is 6.10 Å². The van der Waals surface area contributed by atoms with Gasteiger partial charge in [-0.2, -0.15) is 0 Å². The second-order valence-electron chi connectivity index (χ2n) is 7.38. The van der Waals surface area contributed by atoms with Crippen LogP contribution in [0, 0.1) is 5.92 Å². The Morgan fingerprint density at radius 1 is 1.17 bits per heavy atom. The number of nitrogens with zero attached hydrogens (tertiary/aromatic N) is 1. The van der Waals surface area contributed by atoms with Crippen LogP contribution in [0.1, 0.15) is 64.7 Å². The van der Waals surface area contributed by atoms with Crippen LogP contribution >= 0.6 is 0 Å². The highest BCUT2D eigenvalue weighted by molar-refractivity contribution is 5.74. The van der Waals surface area contributed by atoms with Crippen LogP contribution < -0.4 is 10.6 Å². The second-order valence-corrected chi connectivity index (χ2v) is 7.38. The normalized spacial score (nSPS) is 22.7. The van der Waals surface area contributed by atoms with Crippen LogP contribution in [0.4, 0.5) is 4.79 Å². The van der Waals surface area contributed by atoms with Crippen LogP contribution in [0.5, 0.6) is 0 Å². The molecule has 0 bridgehead atoms. The van der Waals surface area contributed by atoms with Crippen LogP contribution in [0.25, 0.3) is 0 Å². The molecule has 0 aromatic heterocycles. The maximum absolute atomic E-state index is 11.9. The number of nitrogens with one attached hydrogen (secondary N) is 2. The fourth-order valence-electron chi connectivity index (χ4n) is 3.88. The second kappa shape index (κ2) is 10.1. The number of carbonyl (C=O) groups excluding carboxylic acids is 1. The minimum Gasteiger partial charge on any atom is -0.391 e. The van der Waals surface area contributed by atoms with E-state index in [4.69, 9.17) is 0 Å². The summed E-state index contributed by atoms with van der Waals surface area (Å²) < 4.78 is 0. The molecule has 0 radical (unpaired) electrons. The Balaban J connectivity index is 1.57. The van der Waals surface area contributed by atoms with Crippen molar-refractivity contribution in [3.05, 3.63) is 0 Å². The van der Waals surface area contributed by atoms with Gasteiger partial charge in [0, 0.05) is 32.2 Å². The molecule has 1 unspecified atom stereocenters. The minimum atomic E-state index is -0.428. The molecule has 1 aliphatic carbocycles. The molecule has 5 heteroatoms. The van der Waals surface area contributed by atoms with E-state index in [-0.39, 0.29) is 12.1 Å². The largest absolute Gasteiger partial charge is 0.391 e. The van der Waals surface area contributed by atoms with Gasteiger partial charge in [-0.1, -0.05) is 32.6 Å². The Bertz CT molecular complexity index is 337. The van der Waals surface area contributed by atoms with E-state index in [1.54, 1.807) is 0 Å². The number of carbonyl (C=O) groups is 1. The molecule has 0 aromatic rings. The summed E-state index contributed by atoms with van der Waals surface area (Å²) in [5, 5.41) is 15.5. The summed E-state index contributed by atoms with van der Waals surface area (Å²) in [6.45, 7) is 5.83. The number of likely N-dealkylation sites (tertiary alicyclic amines) is 1. The first-order valence-corrected chi connectivity index (χ1v) is 9.62. The zero-order valence-electron chi connectivity index (χ0n) is 14.7. The van der Waals surface area contributed by atoms with Crippen molar-refractivity contribution in [3.8, 4) is 0 Å². The molecule has 3 N–H and O–H groups in total. The number of piperidine rings is 1. The summed E-state index contributed by atoms with van der Waals surface area (Å²) in [4.78, 5) is 14.5. The highest BCUT2D eigenvalue weighted by Gasteiger charge is 2.23. The summed E-state index contributed by atoms with van der Waals surface area (Å²) >= 11 is 0. The van der Waals surface area contributed by atoms with E-state index in [9.17, 15) is 9.90 Å². The zero-order valence-corrected chi connectivity index (χ0v) is 14.7. The smallest absolute Gasteiger partial charge is 0.315 e. The van der Waals surface area contributed by atoms with Crippen LogP contribution in [0.3, 0.4) is 0 Å². The van der Waals surface area contributed by atoms with Crippen molar-refractivity contribution in [1.82, 2.24) is 15.5 Å². The SMILES string of the molecule is CCCC(O)CNC(=O)NC1CCN(CC2CCCCC2)CC1. The van der Waals surface area contributed by atoms with Crippen LogP contribution in [0.2, 0.25) is 0 Å². The van der Waals surface area contributed by atoms with E-state index in [1.165, 1.54) is 38.6 Å². The molecule has 2 amide bonds. The number of hydrogen-bond donors (Lipinski definition) is 3. The van der Waals surface area contributed by atoms with Gasteiger partial charge in [0.25, 0.3) is 0 Å². The quantitative estimate of drug-likeness (QED) is 0.674. The first-order chi connectivity index (χ1) is 11.2. The number of aliphatic hydroxyl groups is 1. The van der Waals surface area contributed by atoms with E-state index >= 15 is 0 Å². The first-order valence-electron chi connectivity index (χ1n) is 9.62. The van der Waals surface area contributed by atoms with Crippen LogP contribution in [-0.2, 0) is 0 Å². The lowest BCUT2D eigenvalue weighted by Crippen LogP contribution is -2.49. The third-order valence-corrected chi connectivity index (χ3v) is 5.28. The monoisotopic (exact) mass is 325 g/mol. The Kier molecular flexibility index (Phi) is 8.17. The third kappa shape index (κ3) is 7.08. The highest BCUT2D eigenvalue weighted by Crippen LogP contribution is 2.25. The van der Waals surface area contributed by atoms with Crippen molar-refractivity contribution in [2.45, 2.75) is 76.9 Å². The Hall–Kier alpha value is -0.810. The van der Waals surface area contributed by atoms with Gasteiger partial charge in [-0.05, 0) is 38.0 Å². The Morgan fingerprint density at radius 3 is 2.52 bits per heavy atom. The highest BCUT2D eigenvalue weighted by atomic mass is 16.3. The maximum Gasteiger partial charge on any atom is 0.315 e.